The minimum Gasteiger partial charge on any atom is -0.507 e. The van der Waals surface area contributed by atoms with Crippen LogP contribution in [0, 0.1) is 0 Å². The topological polar surface area (TPSA) is 181 Å². The number of nitrogens with one attached hydrogen (secondary N) is 2. The maximum Gasteiger partial charge on any atom is 0.420 e. The number of piperazine rings is 1. The van der Waals surface area contributed by atoms with Crippen LogP contribution in [0.3, 0.4) is 0 Å². The molecule has 55 heavy (non-hydrogen) atoms. The molecule has 2 fully saturated rings. The number of para-hydroxylation sites is 2. The molecule has 0 bridgehead atoms. The smallest absolute Gasteiger partial charge is 0.420 e. The summed E-state index contributed by atoms with van der Waals surface area (Å²) in [6.45, 7) is 9.50. The first-order valence-electron chi connectivity index (χ1n) is 18.9. The summed E-state index contributed by atoms with van der Waals surface area (Å²) in [7, 11) is 0. The number of nitrogens with zero attached hydrogens (tertiary/aromatic N) is 5. The lowest BCUT2D eigenvalue weighted by atomic mass is 10.0. The molecule has 14 heteroatoms. The number of phenolic OH excluding ortho intramolecular Hbond substituents is 1. The number of aromatic nitrogens is 3. The number of amides is 2. The summed E-state index contributed by atoms with van der Waals surface area (Å²) in [5.74, 6) is -0.869. The van der Waals surface area contributed by atoms with Gasteiger partial charge in [0.2, 0.25) is 11.8 Å². The van der Waals surface area contributed by atoms with Crippen LogP contribution in [-0.2, 0) is 27.3 Å². The van der Waals surface area contributed by atoms with Gasteiger partial charge in [0.1, 0.15) is 11.8 Å². The molecule has 2 saturated heterocycles. The molecule has 2 amide bonds. The number of oxazole rings is 1. The van der Waals surface area contributed by atoms with E-state index < -0.39 is 17.7 Å². The van der Waals surface area contributed by atoms with E-state index in [0.717, 1.165) is 56.8 Å². The van der Waals surface area contributed by atoms with Gasteiger partial charge in [0.05, 0.1) is 16.9 Å². The molecule has 2 aromatic heterocycles. The zero-order valence-corrected chi connectivity index (χ0v) is 31.3. The van der Waals surface area contributed by atoms with Crippen molar-refractivity contribution in [3.8, 4) is 17.0 Å². The van der Waals surface area contributed by atoms with Crippen LogP contribution in [-0.4, -0.2) is 76.6 Å². The van der Waals surface area contributed by atoms with Gasteiger partial charge in [-0.2, -0.15) is 0 Å². The highest BCUT2D eigenvalue weighted by Crippen LogP contribution is 2.32. The molecule has 1 atom stereocenters. The first-order valence-corrected chi connectivity index (χ1v) is 18.9. The van der Waals surface area contributed by atoms with Gasteiger partial charge in [-0.05, 0) is 87.1 Å². The average molecular weight is 749 g/mol. The first-order chi connectivity index (χ1) is 26.6. The molecule has 3 aromatic carbocycles. The largest absolute Gasteiger partial charge is 0.507 e. The van der Waals surface area contributed by atoms with Gasteiger partial charge in [0, 0.05) is 69.1 Å². The fraction of sp³-hybridized carbons (Fsp3) is 0.390. The van der Waals surface area contributed by atoms with Crippen LogP contribution in [0.5, 0.6) is 5.75 Å². The standard InChI is InChI=1S/C41H48N8O6/c1-41(2,18-24-54-23-6-8-28-7-5-10-32-37(28)55-40(53)49(32)33-16-17-36(51)44-39(33)52)43-26-27-12-14-29(15-13-27)47-19-21-48(22-20-47)34-25-31(45-46-38(34)42)30-9-3-4-11-35(30)50/h3-5,7,9-15,25,33,43,50H,6,8,16-24,26H2,1-2H3,(H2,42,46)(H,44,51,52). The van der Waals surface area contributed by atoms with E-state index in [-0.39, 0.29) is 30.0 Å². The van der Waals surface area contributed by atoms with E-state index >= 15 is 0 Å². The van der Waals surface area contributed by atoms with Crippen molar-refractivity contribution >= 4 is 40.1 Å². The van der Waals surface area contributed by atoms with Crippen LogP contribution in [0.2, 0.25) is 0 Å². The van der Waals surface area contributed by atoms with Crippen molar-refractivity contribution in [2.75, 3.05) is 54.9 Å². The predicted molar refractivity (Wildman–Crippen MR) is 211 cm³/mol. The lowest BCUT2D eigenvalue weighted by molar-refractivity contribution is -0.135. The number of benzene rings is 3. The quantitative estimate of drug-likeness (QED) is 0.0921. The van der Waals surface area contributed by atoms with Crippen molar-refractivity contribution in [1.29, 1.82) is 0 Å². The van der Waals surface area contributed by atoms with E-state index in [9.17, 15) is 19.5 Å². The highest BCUT2D eigenvalue weighted by molar-refractivity contribution is 6.00. The van der Waals surface area contributed by atoms with Gasteiger partial charge in [-0.1, -0.05) is 36.4 Å². The SMILES string of the molecule is CC(C)(CCOCCCc1cccc2c1oc(=O)n2C1CCC(=O)NC1=O)NCc1ccc(N2CCN(c3cc(-c4ccccc4O)nnc3N)CC2)cc1. The average Bonchev–Trinajstić information content (AvgIpc) is 3.52. The molecular formula is C41H48N8O6. The number of phenols is 1. The van der Waals surface area contributed by atoms with E-state index in [4.69, 9.17) is 14.9 Å². The second-order valence-corrected chi connectivity index (χ2v) is 14.8. The summed E-state index contributed by atoms with van der Waals surface area (Å²) in [6, 6.07) is 22.5. The van der Waals surface area contributed by atoms with Crippen molar-refractivity contribution in [1.82, 2.24) is 25.4 Å². The van der Waals surface area contributed by atoms with Crippen molar-refractivity contribution < 1.29 is 23.8 Å². The zero-order chi connectivity index (χ0) is 38.5. The number of fused-ring (bicyclic) bond motifs is 1. The molecule has 14 nitrogen and oxygen atoms in total. The maximum atomic E-state index is 12.7. The van der Waals surface area contributed by atoms with Crippen molar-refractivity contribution in [2.24, 2.45) is 0 Å². The zero-order valence-electron chi connectivity index (χ0n) is 31.3. The molecule has 1 unspecified atom stereocenters. The van der Waals surface area contributed by atoms with Crippen LogP contribution < -0.4 is 31.9 Å². The van der Waals surface area contributed by atoms with Crippen molar-refractivity contribution in [3.63, 3.8) is 0 Å². The summed E-state index contributed by atoms with van der Waals surface area (Å²) >= 11 is 0. The summed E-state index contributed by atoms with van der Waals surface area (Å²) in [5, 5.41) is 24.7. The van der Waals surface area contributed by atoms with E-state index in [1.54, 1.807) is 18.2 Å². The number of anilines is 3. The number of hydrogen-bond donors (Lipinski definition) is 4. The lowest BCUT2D eigenvalue weighted by Crippen LogP contribution is -2.46. The number of nitrogen functional groups attached to an aromatic ring is 1. The molecule has 0 saturated carbocycles. The number of imide groups is 1. The lowest BCUT2D eigenvalue weighted by Gasteiger charge is -2.37. The minimum absolute atomic E-state index is 0.133. The molecular weight excluding hydrogens is 701 g/mol. The van der Waals surface area contributed by atoms with Crippen LogP contribution in [0.15, 0.2) is 82.0 Å². The number of nitrogens with two attached hydrogens (primary N) is 1. The van der Waals surface area contributed by atoms with Crippen molar-refractivity contribution in [2.45, 2.75) is 64.1 Å². The van der Waals surface area contributed by atoms with E-state index in [0.29, 0.717) is 47.8 Å². The first kappa shape index (κ1) is 37.6. The van der Waals surface area contributed by atoms with Gasteiger partial charge in [-0.25, -0.2) is 4.79 Å². The Hall–Kier alpha value is -5.73. The van der Waals surface area contributed by atoms with Crippen LogP contribution in [0.25, 0.3) is 22.4 Å². The van der Waals surface area contributed by atoms with Crippen LogP contribution >= 0.6 is 0 Å². The Morgan fingerprint density at radius 1 is 0.964 bits per heavy atom. The van der Waals surface area contributed by atoms with E-state index in [1.165, 1.54) is 15.8 Å². The van der Waals surface area contributed by atoms with Crippen LogP contribution in [0.4, 0.5) is 17.2 Å². The molecule has 2 aliphatic heterocycles. The van der Waals surface area contributed by atoms with Gasteiger partial charge in [-0.3, -0.25) is 19.5 Å². The number of rotatable bonds is 14. The molecule has 5 N–H and O–H groups in total. The third-order valence-electron chi connectivity index (χ3n) is 10.5. The fourth-order valence-corrected chi connectivity index (χ4v) is 7.25. The van der Waals surface area contributed by atoms with Gasteiger partial charge >= 0.3 is 5.76 Å². The second kappa shape index (κ2) is 16.3. The Bertz CT molecular complexity index is 2210. The molecule has 5 aromatic rings. The number of aromatic hydroxyl groups is 1. The number of hydrogen-bond acceptors (Lipinski definition) is 12. The molecule has 4 heterocycles. The fourth-order valence-electron chi connectivity index (χ4n) is 7.25. The highest BCUT2D eigenvalue weighted by Gasteiger charge is 2.31. The summed E-state index contributed by atoms with van der Waals surface area (Å²) in [6.07, 6.45) is 2.69. The summed E-state index contributed by atoms with van der Waals surface area (Å²) < 4.78 is 13.0. The monoisotopic (exact) mass is 748 g/mol. The minimum atomic E-state index is -0.764. The number of carbonyl (C=O) groups is 2. The Kier molecular flexibility index (Phi) is 11.2. The summed E-state index contributed by atoms with van der Waals surface area (Å²) in [4.78, 5) is 41.4. The van der Waals surface area contributed by atoms with Crippen molar-refractivity contribution in [3.05, 3.63) is 94.5 Å². The predicted octanol–water partition coefficient (Wildman–Crippen LogP) is 4.55. The molecule has 7 rings (SSSR count). The Labute approximate surface area is 319 Å². The molecule has 0 spiro atoms. The highest BCUT2D eigenvalue weighted by atomic mass is 16.5. The van der Waals surface area contributed by atoms with Gasteiger partial charge < -0.3 is 35.1 Å². The number of carbonyl (C=O) groups excluding carboxylic acids is 2. The van der Waals surface area contributed by atoms with Gasteiger partial charge in [-0.15, -0.1) is 10.2 Å². The molecule has 2 aliphatic rings. The van der Waals surface area contributed by atoms with Gasteiger partial charge in [0.25, 0.3) is 0 Å². The third-order valence-corrected chi connectivity index (χ3v) is 10.5. The number of aryl methyl sites for hydroxylation is 1. The molecule has 288 valence electrons. The Balaban J connectivity index is 0.833. The Morgan fingerprint density at radius 2 is 1.73 bits per heavy atom. The van der Waals surface area contributed by atoms with E-state index in [1.807, 2.05) is 30.3 Å². The van der Waals surface area contributed by atoms with Gasteiger partial charge in [0.15, 0.2) is 11.4 Å². The summed E-state index contributed by atoms with van der Waals surface area (Å²) in [5.41, 5.74) is 12.4. The maximum absolute atomic E-state index is 12.7. The third kappa shape index (κ3) is 8.66. The number of ether oxygens (including phenoxy) is 1. The Morgan fingerprint density at radius 3 is 2.49 bits per heavy atom. The van der Waals surface area contributed by atoms with E-state index in [2.05, 4.69) is 68.7 Å². The normalized spacial score (nSPS) is 16.5. The van der Waals surface area contributed by atoms with Crippen LogP contribution in [0.1, 0.15) is 56.7 Å². The second-order valence-electron chi connectivity index (χ2n) is 14.8. The molecule has 0 aliphatic carbocycles. The molecule has 0 radical (unpaired) electrons. The number of piperidine rings is 1.